The third kappa shape index (κ3) is 5.12. The number of nitrogens with one attached hydrogen (secondary N) is 1. The van der Waals surface area contributed by atoms with E-state index in [1.807, 2.05) is 4.90 Å². The molecule has 1 aromatic carbocycles. The standard InChI is InChI=1S/C26H32F3N9O/c27-19-4-5-20(37-9-7-25(31,12-37)24(39)35-16-2-3-16)18(17(19)10-36-8-1-6-26(28,29)13-36)11-38-15-34-21-22(30)32-14-33-23(21)38/h4-5,14-16H,1-3,6-13,31H2,(H,35,39)(H2,30,32,33)/t25-/m1/s1. The van der Waals surface area contributed by atoms with Gasteiger partial charge in [0, 0.05) is 48.9 Å². The van der Waals surface area contributed by atoms with Crippen LogP contribution in [0.1, 0.15) is 43.2 Å². The first kappa shape index (κ1) is 25.8. The summed E-state index contributed by atoms with van der Waals surface area (Å²) in [6, 6.07) is 3.22. The number of hydrogen-bond acceptors (Lipinski definition) is 8. The predicted octanol–water partition coefficient (Wildman–Crippen LogP) is 2.01. The van der Waals surface area contributed by atoms with Crippen LogP contribution in [0.2, 0.25) is 0 Å². The molecule has 0 radical (unpaired) electrons. The normalized spacial score (nSPS) is 23.4. The van der Waals surface area contributed by atoms with E-state index in [2.05, 4.69) is 20.3 Å². The van der Waals surface area contributed by atoms with Crippen molar-refractivity contribution in [2.45, 2.75) is 62.7 Å². The molecule has 5 N–H and O–H groups in total. The number of carbonyl (C=O) groups excluding carboxylic acids is 1. The highest BCUT2D eigenvalue weighted by molar-refractivity contribution is 5.88. The molecule has 0 spiro atoms. The fourth-order valence-electron chi connectivity index (χ4n) is 5.67. The van der Waals surface area contributed by atoms with Crippen LogP contribution in [-0.2, 0) is 17.9 Å². The topological polar surface area (TPSA) is 131 Å². The number of amides is 1. The van der Waals surface area contributed by atoms with Gasteiger partial charge in [-0.05, 0) is 44.4 Å². The van der Waals surface area contributed by atoms with Gasteiger partial charge in [-0.1, -0.05) is 0 Å². The smallest absolute Gasteiger partial charge is 0.260 e. The second kappa shape index (κ2) is 9.63. The van der Waals surface area contributed by atoms with Crippen molar-refractivity contribution in [2.75, 3.05) is 36.8 Å². The quantitative estimate of drug-likeness (QED) is 0.413. The average molecular weight is 544 g/mol. The number of halogens is 3. The van der Waals surface area contributed by atoms with Crippen LogP contribution in [0.25, 0.3) is 11.2 Å². The van der Waals surface area contributed by atoms with E-state index in [0.717, 1.165) is 12.8 Å². The van der Waals surface area contributed by atoms with Gasteiger partial charge in [-0.3, -0.25) is 9.69 Å². The van der Waals surface area contributed by atoms with E-state index in [1.165, 1.54) is 12.4 Å². The summed E-state index contributed by atoms with van der Waals surface area (Å²) in [4.78, 5) is 29.1. The van der Waals surface area contributed by atoms with Crippen LogP contribution in [0.15, 0.2) is 24.8 Å². The summed E-state index contributed by atoms with van der Waals surface area (Å²) in [5.74, 6) is -3.25. The van der Waals surface area contributed by atoms with E-state index in [-0.39, 0.29) is 43.8 Å². The fourth-order valence-corrected chi connectivity index (χ4v) is 5.67. The van der Waals surface area contributed by atoms with Crippen molar-refractivity contribution in [3.05, 3.63) is 41.7 Å². The lowest BCUT2D eigenvalue weighted by molar-refractivity contribution is -0.125. The molecule has 4 heterocycles. The van der Waals surface area contributed by atoms with Gasteiger partial charge in [0.2, 0.25) is 5.91 Å². The molecule has 208 valence electrons. The summed E-state index contributed by atoms with van der Waals surface area (Å²) in [7, 11) is 0. The lowest BCUT2D eigenvalue weighted by Gasteiger charge is -2.34. The second-order valence-corrected chi connectivity index (χ2v) is 11.1. The minimum atomic E-state index is -2.81. The fraction of sp³-hybridized carbons (Fsp3) is 0.538. The van der Waals surface area contributed by atoms with E-state index in [9.17, 15) is 13.6 Å². The molecule has 6 rings (SSSR count). The first-order valence-corrected chi connectivity index (χ1v) is 13.3. The second-order valence-electron chi connectivity index (χ2n) is 11.1. The number of aromatic nitrogens is 4. The molecule has 39 heavy (non-hydrogen) atoms. The summed E-state index contributed by atoms with van der Waals surface area (Å²) in [5.41, 5.74) is 14.0. The van der Waals surface area contributed by atoms with Gasteiger partial charge >= 0.3 is 0 Å². The molecule has 1 amide bonds. The van der Waals surface area contributed by atoms with Crippen molar-refractivity contribution >= 4 is 28.6 Å². The summed E-state index contributed by atoms with van der Waals surface area (Å²) in [6.45, 7) is 0.970. The summed E-state index contributed by atoms with van der Waals surface area (Å²) >= 11 is 0. The van der Waals surface area contributed by atoms with Crippen LogP contribution in [0.4, 0.5) is 24.7 Å². The molecule has 1 atom stereocenters. The number of nitrogens with zero attached hydrogens (tertiary/aromatic N) is 6. The van der Waals surface area contributed by atoms with Gasteiger partial charge in [-0.2, -0.15) is 0 Å². The number of imidazole rings is 1. The summed E-state index contributed by atoms with van der Waals surface area (Å²) < 4.78 is 45.7. The van der Waals surface area contributed by atoms with E-state index < -0.39 is 23.8 Å². The van der Waals surface area contributed by atoms with Crippen LogP contribution in [0.3, 0.4) is 0 Å². The zero-order valence-electron chi connectivity index (χ0n) is 21.5. The molecule has 0 unspecified atom stereocenters. The van der Waals surface area contributed by atoms with E-state index >= 15 is 4.39 Å². The molecule has 0 bridgehead atoms. The number of anilines is 2. The monoisotopic (exact) mass is 543 g/mol. The van der Waals surface area contributed by atoms with Gasteiger partial charge in [-0.25, -0.2) is 28.1 Å². The Labute approximate surface area is 223 Å². The first-order valence-electron chi connectivity index (χ1n) is 13.3. The Balaban J connectivity index is 1.37. The molecule has 3 aromatic rings. The Morgan fingerprint density at radius 1 is 1.08 bits per heavy atom. The molecule has 10 nitrogen and oxygen atoms in total. The Bertz CT molecular complexity index is 1410. The van der Waals surface area contributed by atoms with Crippen molar-refractivity contribution in [1.29, 1.82) is 0 Å². The van der Waals surface area contributed by atoms with Gasteiger partial charge in [0.1, 0.15) is 23.2 Å². The molecule has 13 heteroatoms. The van der Waals surface area contributed by atoms with Crippen molar-refractivity contribution in [3.8, 4) is 0 Å². The first-order chi connectivity index (χ1) is 18.6. The molecular weight excluding hydrogens is 511 g/mol. The van der Waals surface area contributed by atoms with Gasteiger partial charge in [0.05, 0.1) is 19.4 Å². The lowest BCUT2D eigenvalue weighted by Crippen LogP contribution is -2.56. The Morgan fingerprint density at radius 2 is 1.90 bits per heavy atom. The molecular formula is C26H32F3N9O. The summed E-state index contributed by atoms with van der Waals surface area (Å²) in [6.07, 6.45) is 5.41. The van der Waals surface area contributed by atoms with E-state index in [4.69, 9.17) is 11.5 Å². The molecule has 2 aliphatic heterocycles. The number of likely N-dealkylation sites (tertiary alicyclic amines) is 1. The number of fused-ring (bicyclic) bond motifs is 1. The SMILES string of the molecule is Nc1ncnc2c1ncn2Cc1c(N2CC[C@](N)(C(=O)NC3CC3)C2)ccc(F)c1CN1CCCC(F)(F)C1. The van der Waals surface area contributed by atoms with Crippen LogP contribution in [-0.4, -0.2) is 74.0 Å². The van der Waals surface area contributed by atoms with Crippen LogP contribution < -0.4 is 21.7 Å². The molecule has 3 aliphatic rings. The third-order valence-electron chi connectivity index (χ3n) is 7.97. The highest BCUT2D eigenvalue weighted by atomic mass is 19.3. The van der Waals surface area contributed by atoms with E-state index in [1.54, 1.807) is 21.9 Å². The Kier molecular flexibility index (Phi) is 6.37. The lowest BCUT2D eigenvalue weighted by atomic mass is 9.98. The molecule has 2 aromatic heterocycles. The van der Waals surface area contributed by atoms with Crippen molar-refractivity contribution in [2.24, 2.45) is 5.73 Å². The maximum absolute atomic E-state index is 15.5. The van der Waals surface area contributed by atoms with Crippen LogP contribution in [0, 0.1) is 5.82 Å². The van der Waals surface area contributed by atoms with Gasteiger partial charge < -0.3 is 26.3 Å². The van der Waals surface area contributed by atoms with Gasteiger partial charge in [-0.15, -0.1) is 0 Å². The highest BCUT2D eigenvalue weighted by Crippen LogP contribution is 2.35. The van der Waals surface area contributed by atoms with Crippen LogP contribution >= 0.6 is 0 Å². The average Bonchev–Trinajstić information content (AvgIpc) is 3.46. The van der Waals surface area contributed by atoms with Crippen molar-refractivity contribution in [1.82, 2.24) is 29.7 Å². The molecule has 3 fully saturated rings. The Morgan fingerprint density at radius 3 is 2.67 bits per heavy atom. The third-order valence-corrected chi connectivity index (χ3v) is 7.97. The molecule has 2 saturated heterocycles. The van der Waals surface area contributed by atoms with Gasteiger partial charge in [0.15, 0.2) is 11.5 Å². The number of rotatable bonds is 7. The maximum Gasteiger partial charge on any atom is 0.260 e. The molecule has 1 saturated carbocycles. The minimum absolute atomic E-state index is 0.0259. The number of benzene rings is 1. The zero-order chi connectivity index (χ0) is 27.4. The predicted molar refractivity (Wildman–Crippen MR) is 140 cm³/mol. The maximum atomic E-state index is 15.5. The van der Waals surface area contributed by atoms with Crippen LogP contribution in [0.5, 0.6) is 0 Å². The van der Waals surface area contributed by atoms with Crippen molar-refractivity contribution in [3.63, 3.8) is 0 Å². The number of alkyl halides is 2. The Hall–Kier alpha value is -3.45. The van der Waals surface area contributed by atoms with E-state index in [0.29, 0.717) is 53.9 Å². The largest absolute Gasteiger partial charge is 0.382 e. The number of hydrogen-bond donors (Lipinski definition) is 3. The number of nitrogens with two attached hydrogens (primary N) is 2. The summed E-state index contributed by atoms with van der Waals surface area (Å²) in [5, 5.41) is 3.00. The van der Waals surface area contributed by atoms with Crippen molar-refractivity contribution < 1.29 is 18.0 Å². The number of nitrogen functional groups attached to an aromatic ring is 1. The minimum Gasteiger partial charge on any atom is -0.382 e. The number of carbonyl (C=O) groups is 1. The highest BCUT2D eigenvalue weighted by Gasteiger charge is 2.44. The zero-order valence-corrected chi connectivity index (χ0v) is 21.5. The number of piperidine rings is 1. The van der Waals surface area contributed by atoms with Gasteiger partial charge in [0.25, 0.3) is 5.92 Å². The molecule has 1 aliphatic carbocycles.